The van der Waals surface area contributed by atoms with Crippen molar-refractivity contribution < 1.29 is 23.5 Å². The Bertz CT molecular complexity index is 756. The Labute approximate surface area is 113 Å². The standard InChI is InChI=1S/C14H12O6/c1-7-4-10(18-8(2)15)5-11-14(7)12(19-9(3)16)6-13(17)20-11/h4-6H,1-3H3. The molecule has 0 radical (unpaired) electrons. The van der Waals surface area contributed by atoms with E-state index < -0.39 is 17.6 Å². The van der Waals surface area contributed by atoms with Crippen LogP contribution in [0.2, 0.25) is 0 Å². The first-order chi connectivity index (χ1) is 9.36. The average Bonchev–Trinajstić information content (AvgIpc) is 2.24. The van der Waals surface area contributed by atoms with Crippen LogP contribution in [-0.2, 0) is 9.59 Å². The van der Waals surface area contributed by atoms with Crippen LogP contribution in [0.4, 0.5) is 0 Å². The van der Waals surface area contributed by atoms with Crippen molar-refractivity contribution in [1.29, 1.82) is 0 Å². The van der Waals surface area contributed by atoms with Crippen molar-refractivity contribution in [1.82, 2.24) is 0 Å². The number of aryl methyl sites for hydroxylation is 1. The van der Waals surface area contributed by atoms with Crippen molar-refractivity contribution in [3.05, 3.63) is 34.2 Å². The summed E-state index contributed by atoms with van der Waals surface area (Å²) in [4.78, 5) is 33.5. The average molecular weight is 276 g/mol. The van der Waals surface area contributed by atoms with E-state index in [1.165, 1.54) is 19.9 Å². The number of benzene rings is 1. The van der Waals surface area contributed by atoms with Gasteiger partial charge in [-0.3, -0.25) is 9.59 Å². The second-order valence-electron chi connectivity index (χ2n) is 4.23. The second-order valence-corrected chi connectivity index (χ2v) is 4.23. The van der Waals surface area contributed by atoms with Crippen molar-refractivity contribution in [2.45, 2.75) is 20.8 Å². The molecule has 104 valence electrons. The fourth-order valence-electron chi connectivity index (χ4n) is 1.90. The molecule has 6 heteroatoms. The smallest absolute Gasteiger partial charge is 0.339 e. The van der Waals surface area contributed by atoms with E-state index in [-0.39, 0.29) is 17.1 Å². The van der Waals surface area contributed by atoms with Crippen LogP contribution in [0.1, 0.15) is 19.4 Å². The number of carbonyl (C=O) groups excluding carboxylic acids is 2. The van der Waals surface area contributed by atoms with Gasteiger partial charge in [0.1, 0.15) is 17.1 Å². The zero-order chi connectivity index (χ0) is 14.9. The highest BCUT2D eigenvalue weighted by atomic mass is 16.5. The van der Waals surface area contributed by atoms with Crippen molar-refractivity contribution in [3.8, 4) is 11.5 Å². The van der Waals surface area contributed by atoms with Crippen LogP contribution in [0.25, 0.3) is 11.0 Å². The summed E-state index contributed by atoms with van der Waals surface area (Å²) in [6.07, 6.45) is 0. The molecule has 0 aliphatic rings. The van der Waals surface area contributed by atoms with Crippen LogP contribution in [0.3, 0.4) is 0 Å². The van der Waals surface area contributed by atoms with Crippen molar-refractivity contribution in [2.75, 3.05) is 0 Å². The molecule has 2 rings (SSSR count). The van der Waals surface area contributed by atoms with E-state index in [9.17, 15) is 14.4 Å². The quantitative estimate of drug-likeness (QED) is 0.473. The van der Waals surface area contributed by atoms with Gasteiger partial charge in [0.05, 0.1) is 11.5 Å². The summed E-state index contributed by atoms with van der Waals surface area (Å²) in [5.74, 6) is -0.649. The summed E-state index contributed by atoms with van der Waals surface area (Å²) in [5.41, 5.74) is 0.178. The summed E-state index contributed by atoms with van der Waals surface area (Å²) in [5, 5.41) is 0.482. The van der Waals surface area contributed by atoms with E-state index in [4.69, 9.17) is 13.9 Å². The molecular formula is C14H12O6. The highest BCUT2D eigenvalue weighted by molar-refractivity contribution is 5.90. The molecule has 1 aromatic carbocycles. The van der Waals surface area contributed by atoms with E-state index in [0.717, 1.165) is 6.07 Å². The van der Waals surface area contributed by atoms with Gasteiger partial charge in [-0.05, 0) is 18.6 Å². The van der Waals surface area contributed by atoms with E-state index in [1.807, 2.05) is 0 Å². The van der Waals surface area contributed by atoms with Gasteiger partial charge in [-0.1, -0.05) is 0 Å². The normalized spacial score (nSPS) is 10.3. The Balaban J connectivity index is 2.69. The minimum atomic E-state index is -0.659. The molecule has 0 N–H and O–H groups in total. The summed E-state index contributed by atoms with van der Waals surface area (Å²) in [7, 11) is 0. The second kappa shape index (κ2) is 5.16. The van der Waals surface area contributed by atoms with Gasteiger partial charge >= 0.3 is 17.6 Å². The predicted octanol–water partition coefficient (Wildman–Crippen LogP) is 1.95. The lowest BCUT2D eigenvalue weighted by Crippen LogP contribution is -2.07. The van der Waals surface area contributed by atoms with Crippen molar-refractivity contribution >= 4 is 22.9 Å². The zero-order valence-electron chi connectivity index (χ0n) is 11.2. The highest BCUT2D eigenvalue weighted by Gasteiger charge is 2.13. The molecule has 0 amide bonds. The highest BCUT2D eigenvalue weighted by Crippen LogP contribution is 2.31. The number of hydrogen-bond donors (Lipinski definition) is 0. The SMILES string of the molecule is CC(=O)Oc1cc(C)c2c(OC(C)=O)cc(=O)oc2c1. The molecule has 1 aromatic heterocycles. The van der Waals surface area contributed by atoms with Crippen LogP contribution >= 0.6 is 0 Å². The molecule has 6 nitrogen and oxygen atoms in total. The molecule has 0 atom stereocenters. The molecule has 0 bridgehead atoms. The van der Waals surface area contributed by atoms with E-state index >= 15 is 0 Å². The number of fused-ring (bicyclic) bond motifs is 1. The number of esters is 2. The summed E-state index contributed by atoms with van der Waals surface area (Å²) in [6.45, 7) is 4.23. The third-order valence-corrected chi connectivity index (χ3v) is 2.49. The molecule has 0 saturated heterocycles. The number of rotatable bonds is 2. The van der Waals surface area contributed by atoms with Gasteiger partial charge < -0.3 is 13.9 Å². The molecule has 0 spiro atoms. The number of ether oxygens (including phenoxy) is 2. The summed E-state index contributed by atoms with van der Waals surface area (Å²) in [6, 6.07) is 4.09. The molecule has 1 heterocycles. The Morgan fingerprint density at radius 1 is 1.05 bits per heavy atom. The lowest BCUT2D eigenvalue weighted by atomic mass is 10.1. The topological polar surface area (TPSA) is 82.8 Å². The van der Waals surface area contributed by atoms with Crippen LogP contribution < -0.4 is 15.1 Å². The zero-order valence-corrected chi connectivity index (χ0v) is 11.2. The largest absolute Gasteiger partial charge is 0.427 e. The Hall–Kier alpha value is -2.63. The third-order valence-electron chi connectivity index (χ3n) is 2.49. The van der Waals surface area contributed by atoms with Gasteiger partial charge in [-0.2, -0.15) is 0 Å². The van der Waals surface area contributed by atoms with E-state index in [2.05, 4.69) is 0 Å². The fraction of sp³-hybridized carbons (Fsp3) is 0.214. The Morgan fingerprint density at radius 3 is 2.30 bits per heavy atom. The van der Waals surface area contributed by atoms with Gasteiger partial charge in [0.2, 0.25) is 0 Å². The molecule has 0 unspecified atom stereocenters. The van der Waals surface area contributed by atoms with Gasteiger partial charge in [0.25, 0.3) is 0 Å². The molecule has 2 aromatic rings. The fourth-order valence-corrected chi connectivity index (χ4v) is 1.90. The van der Waals surface area contributed by atoms with Crippen molar-refractivity contribution in [2.24, 2.45) is 0 Å². The van der Waals surface area contributed by atoms with E-state index in [1.54, 1.807) is 13.0 Å². The van der Waals surface area contributed by atoms with Gasteiger partial charge in [-0.25, -0.2) is 4.79 Å². The number of carbonyl (C=O) groups is 2. The van der Waals surface area contributed by atoms with Gasteiger partial charge in [-0.15, -0.1) is 0 Å². The maximum Gasteiger partial charge on any atom is 0.339 e. The molecule has 0 aliphatic heterocycles. The lowest BCUT2D eigenvalue weighted by molar-refractivity contribution is -0.132. The molecule has 0 fully saturated rings. The lowest BCUT2D eigenvalue weighted by Gasteiger charge is -2.09. The monoisotopic (exact) mass is 276 g/mol. The van der Waals surface area contributed by atoms with Crippen LogP contribution in [-0.4, -0.2) is 11.9 Å². The Kier molecular flexibility index (Phi) is 3.56. The maximum atomic E-state index is 11.5. The molecule has 0 aliphatic carbocycles. The van der Waals surface area contributed by atoms with Crippen LogP contribution in [0, 0.1) is 6.92 Å². The first-order valence-corrected chi connectivity index (χ1v) is 5.82. The molecular weight excluding hydrogens is 264 g/mol. The minimum Gasteiger partial charge on any atom is -0.427 e. The maximum absolute atomic E-state index is 11.5. The minimum absolute atomic E-state index is 0.121. The number of hydrogen-bond acceptors (Lipinski definition) is 6. The van der Waals surface area contributed by atoms with Gasteiger partial charge in [0.15, 0.2) is 0 Å². The predicted molar refractivity (Wildman–Crippen MR) is 69.8 cm³/mol. The molecule has 0 saturated carbocycles. The molecule has 20 heavy (non-hydrogen) atoms. The summed E-state index contributed by atoms with van der Waals surface area (Å²) >= 11 is 0. The summed E-state index contributed by atoms with van der Waals surface area (Å²) < 4.78 is 15.0. The van der Waals surface area contributed by atoms with Crippen molar-refractivity contribution in [3.63, 3.8) is 0 Å². The first kappa shape index (κ1) is 13.8. The van der Waals surface area contributed by atoms with Gasteiger partial charge in [0, 0.05) is 19.9 Å². The van der Waals surface area contributed by atoms with E-state index in [0.29, 0.717) is 10.9 Å². The third kappa shape index (κ3) is 2.85. The van der Waals surface area contributed by atoms with Crippen LogP contribution in [0.5, 0.6) is 11.5 Å². The first-order valence-electron chi connectivity index (χ1n) is 5.82. The Morgan fingerprint density at radius 2 is 1.70 bits per heavy atom. The van der Waals surface area contributed by atoms with Crippen LogP contribution in [0.15, 0.2) is 27.4 Å².